The summed E-state index contributed by atoms with van der Waals surface area (Å²) in [6.45, 7) is 4.12. The normalized spacial score (nSPS) is 24.9. The van der Waals surface area contributed by atoms with Gasteiger partial charge in [0.1, 0.15) is 6.04 Å². The lowest BCUT2D eigenvalue weighted by molar-refractivity contribution is -0.124. The summed E-state index contributed by atoms with van der Waals surface area (Å²) in [7, 11) is 0. The number of nitrogens with two attached hydrogens (primary N) is 1. The van der Waals surface area contributed by atoms with E-state index in [1.807, 2.05) is 13.8 Å². The molecule has 1 fully saturated rings. The molecule has 3 amide bonds. The maximum Gasteiger partial charge on any atom is 0.312 e. The third-order valence-electron chi connectivity index (χ3n) is 3.40. The number of hydrogen-bond acceptors (Lipinski definition) is 3. The van der Waals surface area contributed by atoms with Crippen LogP contribution in [0.15, 0.2) is 0 Å². The molecule has 0 radical (unpaired) electrons. The molecule has 1 rings (SSSR count). The van der Waals surface area contributed by atoms with Gasteiger partial charge in [-0.1, -0.05) is 20.3 Å². The van der Waals surface area contributed by atoms with Crippen LogP contribution in [0.3, 0.4) is 0 Å². The quantitative estimate of drug-likeness (QED) is 0.555. The number of hydrogen-bond donors (Lipinski definition) is 4. The zero-order valence-electron chi connectivity index (χ0n) is 11.0. The van der Waals surface area contributed by atoms with E-state index >= 15 is 0 Å². The van der Waals surface area contributed by atoms with Crippen molar-refractivity contribution in [1.29, 1.82) is 0 Å². The van der Waals surface area contributed by atoms with Gasteiger partial charge in [0.25, 0.3) is 0 Å². The molecule has 104 valence electrons. The highest BCUT2D eigenvalue weighted by atomic mass is 16.3. The standard InChI is InChI=1S/C12H23N3O3/c1-7(2)10(15-12(13)18)11(17)14-6-8-4-3-5-9(8)16/h7-10,16H,3-6H2,1-2H3,(H,14,17)(H3,13,15,18). The first-order valence-electron chi connectivity index (χ1n) is 6.43. The van der Waals surface area contributed by atoms with Gasteiger partial charge >= 0.3 is 6.03 Å². The van der Waals surface area contributed by atoms with Gasteiger partial charge in [0.05, 0.1) is 6.10 Å². The second-order valence-electron chi connectivity index (χ2n) is 5.23. The SMILES string of the molecule is CC(C)C(NC(N)=O)C(=O)NCC1CCCC1O. The first-order valence-corrected chi connectivity index (χ1v) is 6.43. The van der Waals surface area contributed by atoms with E-state index in [9.17, 15) is 14.7 Å². The Morgan fingerprint density at radius 2 is 2.06 bits per heavy atom. The van der Waals surface area contributed by atoms with Gasteiger partial charge in [-0.05, 0) is 18.8 Å². The van der Waals surface area contributed by atoms with E-state index in [1.165, 1.54) is 0 Å². The van der Waals surface area contributed by atoms with E-state index in [4.69, 9.17) is 5.73 Å². The predicted octanol–water partition coefficient (Wildman–Crippen LogP) is -0.0435. The molecule has 6 heteroatoms. The maximum atomic E-state index is 11.9. The average molecular weight is 257 g/mol. The number of primary amides is 1. The number of nitrogens with one attached hydrogen (secondary N) is 2. The first kappa shape index (κ1) is 14.8. The van der Waals surface area contributed by atoms with E-state index in [0.29, 0.717) is 6.54 Å². The van der Waals surface area contributed by atoms with Crippen LogP contribution in [0, 0.1) is 11.8 Å². The summed E-state index contributed by atoms with van der Waals surface area (Å²) in [5.74, 6) is -0.163. The lowest BCUT2D eigenvalue weighted by Crippen LogP contribution is -2.52. The van der Waals surface area contributed by atoms with Gasteiger partial charge in [0.2, 0.25) is 5.91 Å². The van der Waals surface area contributed by atoms with Crippen molar-refractivity contribution in [2.24, 2.45) is 17.6 Å². The monoisotopic (exact) mass is 257 g/mol. The Bertz CT molecular complexity index is 307. The van der Waals surface area contributed by atoms with Crippen LogP contribution in [0.25, 0.3) is 0 Å². The molecule has 1 saturated carbocycles. The van der Waals surface area contributed by atoms with E-state index in [-0.39, 0.29) is 23.8 Å². The van der Waals surface area contributed by atoms with Crippen molar-refractivity contribution in [2.75, 3.05) is 6.54 Å². The number of urea groups is 1. The second-order valence-corrected chi connectivity index (χ2v) is 5.23. The van der Waals surface area contributed by atoms with E-state index in [2.05, 4.69) is 10.6 Å². The number of carbonyl (C=O) groups is 2. The Morgan fingerprint density at radius 3 is 2.50 bits per heavy atom. The molecule has 0 aromatic carbocycles. The lowest BCUT2D eigenvalue weighted by atomic mass is 10.0. The van der Waals surface area contributed by atoms with Gasteiger partial charge in [0, 0.05) is 12.5 Å². The Balaban J connectivity index is 2.43. The highest BCUT2D eigenvalue weighted by Gasteiger charge is 2.28. The summed E-state index contributed by atoms with van der Waals surface area (Å²) in [6.07, 6.45) is 2.39. The minimum absolute atomic E-state index is 0.0361. The molecule has 6 nitrogen and oxygen atoms in total. The van der Waals surface area contributed by atoms with Crippen LogP contribution in [0.4, 0.5) is 4.79 Å². The molecular formula is C12H23N3O3. The fourth-order valence-electron chi connectivity index (χ4n) is 2.29. The van der Waals surface area contributed by atoms with Crippen LogP contribution in [0.5, 0.6) is 0 Å². The van der Waals surface area contributed by atoms with Gasteiger partial charge in [-0.3, -0.25) is 4.79 Å². The van der Waals surface area contributed by atoms with Gasteiger partial charge in [-0.15, -0.1) is 0 Å². The van der Waals surface area contributed by atoms with Crippen LogP contribution in [0.1, 0.15) is 33.1 Å². The number of aliphatic hydroxyl groups excluding tert-OH is 1. The summed E-state index contributed by atoms with van der Waals surface area (Å²) >= 11 is 0. The Kier molecular flexibility index (Phi) is 5.40. The average Bonchev–Trinajstić information content (AvgIpc) is 2.68. The summed E-state index contributed by atoms with van der Waals surface area (Å²) < 4.78 is 0. The molecule has 0 aromatic heterocycles. The maximum absolute atomic E-state index is 11.9. The number of amides is 3. The van der Waals surface area contributed by atoms with E-state index < -0.39 is 12.1 Å². The zero-order chi connectivity index (χ0) is 13.7. The minimum Gasteiger partial charge on any atom is -0.393 e. The molecule has 5 N–H and O–H groups in total. The molecule has 0 spiro atoms. The van der Waals surface area contributed by atoms with Gasteiger partial charge in [-0.25, -0.2) is 4.79 Å². The molecule has 0 aromatic rings. The molecule has 18 heavy (non-hydrogen) atoms. The van der Waals surface area contributed by atoms with Crippen molar-refractivity contribution < 1.29 is 14.7 Å². The predicted molar refractivity (Wildman–Crippen MR) is 67.7 cm³/mol. The molecule has 0 heterocycles. The first-order chi connectivity index (χ1) is 8.41. The second kappa shape index (κ2) is 6.58. The molecule has 1 aliphatic rings. The minimum atomic E-state index is -0.704. The lowest BCUT2D eigenvalue weighted by Gasteiger charge is -2.22. The van der Waals surface area contributed by atoms with E-state index in [1.54, 1.807) is 0 Å². The highest BCUT2D eigenvalue weighted by molar-refractivity contribution is 5.86. The number of carbonyl (C=O) groups excluding carboxylic acids is 2. The highest BCUT2D eigenvalue weighted by Crippen LogP contribution is 2.24. The van der Waals surface area contributed by atoms with Gasteiger partial charge in [0.15, 0.2) is 0 Å². The molecule has 0 saturated heterocycles. The van der Waals surface area contributed by atoms with Crippen molar-refractivity contribution in [3.8, 4) is 0 Å². The van der Waals surface area contributed by atoms with Crippen LogP contribution in [0.2, 0.25) is 0 Å². The third-order valence-corrected chi connectivity index (χ3v) is 3.40. The number of rotatable bonds is 5. The van der Waals surface area contributed by atoms with Crippen LogP contribution in [-0.4, -0.2) is 35.7 Å². The van der Waals surface area contributed by atoms with Crippen molar-refractivity contribution in [2.45, 2.75) is 45.3 Å². The van der Waals surface area contributed by atoms with Crippen LogP contribution >= 0.6 is 0 Å². The zero-order valence-corrected chi connectivity index (χ0v) is 11.0. The Labute approximate surface area is 107 Å². The molecule has 0 aliphatic heterocycles. The molecular weight excluding hydrogens is 234 g/mol. The van der Waals surface area contributed by atoms with Gasteiger partial charge < -0.3 is 21.5 Å². The van der Waals surface area contributed by atoms with Crippen molar-refractivity contribution in [1.82, 2.24) is 10.6 Å². The Morgan fingerprint density at radius 1 is 1.39 bits per heavy atom. The van der Waals surface area contributed by atoms with Crippen molar-refractivity contribution in [3.63, 3.8) is 0 Å². The molecule has 3 atom stereocenters. The smallest absolute Gasteiger partial charge is 0.312 e. The van der Waals surface area contributed by atoms with Gasteiger partial charge in [-0.2, -0.15) is 0 Å². The summed E-state index contributed by atoms with van der Waals surface area (Å²) in [6, 6.07) is -1.33. The topological polar surface area (TPSA) is 104 Å². The molecule has 3 unspecified atom stereocenters. The summed E-state index contributed by atoms with van der Waals surface area (Å²) in [5.41, 5.74) is 5.04. The molecule has 0 bridgehead atoms. The summed E-state index contributed by atoms with van der Waals surface area (Å²) in [4.78, 5) is 22.7. The fraction of sp³-hybridized carbons (Fsp3) is 0.833. The molecule has 1 aliphatic carbocycles. The Hall–Kier alpha value is -1.30. The summed E-state index contributed by atoms with van der Waals surface area (Å²) in [5, 5.41) is 14.9. The van der Waals surface area contributed by atoms with Crippen LogP contribution < -0.4 is 16.4 Å². The third kappa shape index (κ3) is 4.18. The van der Waals surface area contributed by atoms with Crippen LogP contribution in [-0.2, 0) is 4.79 Å². The van der Waals surface area contributed by atoms with E-state index in [0.717, 1.165) is 19.3 Å². The van der Waals surface area contributed by atoms with Crippen molar-refractivity contribution in [3.05, 3.63) is 0 Å². The fourth-order valence-corrected chi connectivity index (χ4v) is 2.29. The van der Waals surface area contributed by atoms with Crippen molar-refractivity contribution >= 4 is 11.9 Å². The number of aliphatic hydroxyl groups is 1. The largest absolute Gasteiger partial charge is 0.393 e.